The molecule has 3 rings (SSSR count). The van der Waals surface area contributed by atoms with Gasteiger partial charge >= 0.3 is 0 Å². The predicted octanol–water partition coefficient (Wildman–Crippen LogP) is 1.58. The zero-order chi connectivity index (χ0) is 13.5. The van der Waals surface area contributed by atoms with Crippen LogP contribution in [0.15, 0.2) is 22.6 Å². The molecular weight excluding hydrogens is 244 g/mol. The second kappa shape index (κ2) is 4.51. The summed E-state index contributed by atoms with van der Waals surface area (Å²) in [6, 6.07) is 5.97. The fraction of sp³-hybridized carbons (Fsp3) is 0.500. The number of ether oxygens (including phenoxy) is 1. The van der Waals surface area contributed by atoms with Gasteiger partial charge in [0.25, 0.3) is 0 Å². The molecule has 5 heteroatoms. The van der Waals surface area contributed by atoms with Crippen molar-refractivity contribution in [1.82, 2.24) is 4.98 Å². The Morgan fingerprint density at radius 3 is 2.84 bits per heavy atom. The monoisotopic (exact) mass is 262 g/mol. The molecule has 2 heterocycles. The average Bonchev–Trinajstić information content (AvgIpc) is 2.72. The molecule has 1 aliphatic heterocycles. The predicted molar refractivity (Wildman–Crippen MR) is 72.4 cm³/mol. The summed E-state index contributed by atoms with van der Waals surface area (Å²) >= 11 is 0. The first kappa shape index (κ1) is 12.4. The Balaban J connectivity index is 1.82. The van der Waals surface area contributed by atoms with Gasteiger partial charge in [-0.1, -0.05) is 0 Å². The van der Waals surface area contributed by atoms with E-state index in [0.29, 0.717) is 19.1 Å². The highest BCUT2D eigenvalue weighted by Gasteiger charge is 2.39. The van der Waals surface area contributed by atoms with Gasteiger partial charge in [0.05, 0.1) is 25.2 Å². The van der Waals surface area contributed by atoms with Crippen molar-refractivity contribution in [2.24, 2.45) is 5.41 Å². The van der Waals surface area contributed by atoms with Crippen LogP contribution in [0.25, 0.3) is 11.1 Å². The average molecular weight is 262 g/mol. The number of hydrogen-bond acceptors (Lipinski definition) is 5. The standard InChI is InChI=1S/C14H18N2O3/c1-10-15-12-4-3-11(5-13(12)19-10)16(2)6-14(7-17)8-18-9-14/h3-5,17H,6-9H2,1-2H3. The van der Waals surface area contributed by atoms with Gasteiger partial charge in [-0.25, -0.2) is 4.98 Å². The van der Waals surface area contributed by atoms with Gasteiger partial charge in [0, 0.05) is 32.3 Å². The van der Waals surface area contributed by atoms with Gasteiger partial charge in [-0.15, -0.1) is 0 Å². The molecule has 0 atom stereocenters. The van der Waals surface area contributed by atoms with Crippen molar-refractivity contribution in [3.8, 4) is 0 Å². The van der Waals surface area contributed by atoms with Crippen LogP contribution in [0, 0.1) is 12.3 Å². The molecule has 2 aromatic rings. The fourth-order valence-electron chi connectivity index (χ4n) is 2.48. The van der Waals surface area contributed by atoms with E-state index in [4.69, 9.17) is 9.15 Å². The van der Waals surface area contributed by atoms with Crippen LogP contribution in [0.3, 0.4) is 0 Å². The van der Waals surface area contributed by atoms with E-state index in [1.807, 2.05) is 32.2 Å². The summed E-state index contributed by atoms with van der Waals surface area (Å²) < 4.78 is 10.8. The number of aryl methyl sites for hydroxylation is 1. The van der Waals surface area contributed by atoms with Gasteiger partial charge in [0.15, 0.2) is 11.5 Å². The van der Waals surface area contributed by atoms with Crippen LogP contribution in [0.5, 0.6) is 0 Å². The second-order valence-electron chi connectivity index (χ2n) is 5.39. The summed E-state index contributed by atoms with van der Waals surface area (Å²) in [5, 5.41) is 9.47. The number of fused-ring (bicyclic) bond motifs is 1. The molecule has 1 N–H and O–H groups in total. The smallest absolute Gasteiger partial charge is 0.192 e. The molecule has 19 heavy (non-hydrogen) atoms. The zero-order valence-electron chi connectivity index (χ0n) is 11.2. The van der Waals surface area contributed by atoms with Crippen molar-refractivity contribution in [2.45, 2.75) is 6.92 Å². The maximum Gasteiger partial charge on any atom is 0.192 e. The summed E-state index contributed by atoms with van der Waals surface area (Å²) in [6.45, 7) is 4.01. The van der Waals surface area contributed by atoms with Gasteiger partial charge in [0.1, 0.15) is 5.52 Å². The number of aliphatic hydroxyl groups excluding tert-OH is 1. The van der Waals surface area contributed by atoms with Crippen LogP contribution in [0.2, 0.25) is 0 Å². The third-order valence-electron chi connectivity index (χ3n) is 3.64. The Hall–Kier alpha value is -1.59. The number of anilines is 1. The number of hydrogen-bond donors (Lipinski definition) is 1. The molecule has 0 aliphatic carbocycles. The molecule has 5 nitrogen and oxygen atoms in total. The first-order valence-corrected chi connectivity index (χ1v) is 6.39. The summed E-state index contributed by atoms with van der Waals surface area (Å²) in [5.74, 6) is 0.675. The lowest BCUT2D eigenvalue weighted by Gasteiger charge is -2.42. The maximum absolute atomic E-state index is 9.47. The third-order valence-corrected chi connectivity index (χ3v) is 3.64. The SMILES string of the molecule is Cc1nc2ccc(N(C)CC3(CO)COC3)cc2o1. The highest BCUT2D eigenvalue weighted by atomic mass is 16.5. The summed E-state index contributed by atoms with van der Waals surface area (Å²) in [4.78, 5) is 6.41. The molecule has 1 aromatic heterocycles. The Kier molecular flexibility index (Phi) is 2.95. The van der Waals surface area contributed by atoms with Crippen molar-refractivity contribution in [2.75, 3.05) is 38.3 Å². The normalized spacial score (nSPS) is 17.4. The van der Waals surface area contributed by atoms with Crippen molar-refractivity contribution in [3.63, 3.8) is 0 Å². The third kappa shape index (κ3) is 2.19. The Morgan fingerprint density at radius 1 is 1.42 bits per heavy atom. The Labute approximate surface area is 111 Å². The van der Waals surface area contributed by atoms with E-state index in [2.05, 4.69) is 9.88 Å². The van der Waals surface area contributed by atoms with E-state index in [9.17, 15) is 5.11 Å². The maximum atomic E-state index is 9.47. The number of aliphatic hydroxyl groups is 1. The van der Waals surface area contributed by atoms with E-state index in [-0.39, 0.29) is 12.0 Å². The molecule has 1 saturated heterocycles. The number of nitrogens with zero attached hydrogens (tertiary/aromatic N) is 2. The molecule has 102 valence electrons. The molecule has 0 radical (unpaired) electrons. The van der Waals surface area contributed by atoms with Crippen LogP contribution in [-0.2, 0) is 4.74 Å². The molecule has 0 unspecified atom stereocenters. The van der Waals surface area contributed by atoms with Crippen molar-refractivity contribution < 1.29 is 14.3 Å². The minimum Gasteiger partial charge on any atom is -0.441 e. The Morgan fingerprint density at radius 2 is 2.21 bits per heavy atom. The lowest BCUT2D eigenvalue weighted by Crippen LogP contribution is -2.52. The van der Waals surface area contributed by atoms with Crippen LogP contribution < -0.4 is 4.90 Å². The van der Waals surface area contributed by atoms with Gasteiger partial charge < -0.3 is 19.2 Å². The Bertz CT molecular complexity index is 584. The van der Waals surface area contributed by atoms with Crippen LogP contribution in [0.1, 0.15) is 5.89 Å². The van der Waals surface area contributed by atoms with Crippen molar-refractivity contribution in [1.29, 1.82) is 0 Å². The summed E-state index contributed by atoms with van der Waals surface area (Å²) in [6.07, 6.45) is 0. The number of benzene rings is 1. The fourth-order valence-corrected chi connectivity index (χ4v) is 2.48. The minimum atomic E-state index is -0.124. The number of aromatic nitrogens is 1. The van der Waals surface area contributed by atoms with Gasteiger partial charge in [-0.2, -0.15) is 0 Å². The first-order chi connectivity index (χ1) is 9.12. The molecule has 0 amide bonds. The first-order valence-electron chi connectivity index (χ1n) is 6.39. The minimum absolute atomic E-state index is 0.124. The van der Waals surface area contributed by atoms with Crippen LogP contribution in [0.4, 0.5) is 5.69 Å². The molecule has 1 aromatic carbocycles. The van der Waals surface area contributed by atoms with Crippen LogP contribution in [-0.4, -0.2) is 43.5 Å². The highest BCUT2D eigenvalue weighted by molar-refractivity contribution is 5.77. The van der Waals surface area contributed by atoms with E-state index < -0.39 is 0 Å². The lowest BCUT2D eigenvalue weighted by atomic mass is 9.86. The molecular formula is C14H18N2O3. The zero-order valence-corrected chi connectivity index (χ0v) is 11.2. The molecule has 1 aliphatic rings. The summed E-state index contributed by atoms with van der Waals surface area (Å²) in [5.41, 5.74) is 2.60. The van der Waals surface area contributed by atoms with Crippen molar-refractivity contribution >= 4 is 16.8 Å². The molecule has 0 spiro atoms. The van der Waals surface area contributed by atoms with E-state index >= 15 is 0 Å². The number of rotatable bonds is 4. The largest absolute Gasteiger partial charge is 0.441 e. The van der Waals surface area contributed by atoms with Gasteiger partial charge in [-0.3, -0.25) is 0 Å². The van der Waals surface area contributed by atoms with Crippen LogP contribution >= 0.6 is 0 Å². The van der Waals surface area contributed by atoms with E-state index in [1.54, 1.807) is 0 Å². The van der Waals surface area contributed by atoms with E-state index in [0.717, 1.165) is 23.3 Å². The quantitative estimate of drug-likeness (QED) is 0.906. The molecule has 0 saturated carbocycles. The molecule has 0 bridgehead atoms. The van der Waals surface area contributed by atoms with Gasteiger partial charge in [-0.05, 0) is 12.1 Å². The summed E-state index contributed by atoms with van der Waals surface area (Å²) in [7, 11) is 2.01. The lowest BCUT2D eigenvalue weighted by molar-refractivity contribution is -0.130. The van der Waals surface area contributed by atoms with Gasteiger partial charge in [0.2, 0.25) is 0 Å². The highest BCUT2D eigenvalue weighted by Crippen LogP contribution is 2.30. The van der Waals surface area contributed by atoms with Crippen molar-refractivity contribution in [3.05, 3.63) is 24.1 Å². The second-order valence-corrected chi connectivity index (χ2v) is 5.39. The molecule has 1 fully saturated rings. The topological polar surface area (TPSA) is 58.7 Å². The van der Waals surface area contributed by atoms with E-state index in [1.165, 1.54) is 0 Å². The number of oxazole rings is 1.